The number of carbonyl (C=O) groups is 2. The Kier molecular flexibility index (Phi) is 9.53. The summed E-state index contributed by atoms with van der Waals surface area (Å²) in [6.07, 6.45) is 10.2. The lowest BCUT2D eigenvalue weighted by atomic mass is 9.83. The van der Waals surface area contributed by atoms with Crippen molar-refractivity contribution in [2.24, 2.45) is 17.6 Å². The Labute approximate surface area is 231 Å². The van der Waals surface area contributed by atoms with E-state index in [4.69, 9.17) is 11.1 Å². The number of phenolic OH excluding ortho intramolecular Hbond substituents is 1. The summed E-state index contributed by atoms with van der Waals surface area (Å²) in [5.41, 5.74) is 6.34. The number of carbonyl (C=O) groups excluding carboxylic acids is 2. The van der Waals surface area contributed by atoms with E-state index < -0.39 is 22.1 Å². The van der Waals surface area contributed by atoms with Crippen molar-refractivity contribution in [3.63, 3.8) is 0 Å². The molecule has 0 spiro atoms. The molecular weight excluding hydrogens is 518 g/mol. The number of benzene rings is 1. The Morgan fingerprint density at radius 2 is 1.82 bits per heavy atom. The molecule has 10 nitrogen and oxygen atoms in total. The third kappa shape index (κ3) is 7.11. The molecule has 0 aromatic heterocycles. The van der Waals surface area contributed by atoms with E-state index in [1.807, 2.05) is 0 Å². The van der Waals surface area contributed by atoms with Gasteiger partial charge in [-0.25, -0.2) is 13.1 Å². The highest BCUT2D eigenvalue weighted by Crippen LogP contribution is 2.41. The molecule has 216 valence electrons. The average Bonchev–Trinajstić information content (AvgIpc) is 3.31. The lowest BCUT2D eigenvalue weighted by Gasteiger charge is -2.37. The lowest BCUT2D eigenvalue weighted by molar-refractivity contribution is -0.142. The quantitative estimate of drug-likeness (QED) is 0.218. The summed E-state index contributed by atoms with van der Waals surface area (Å²) < 4.78 is 27.9. The summed E-state index contributed by atoms with van der Waals surface area (Å²) in [7, 11) is -3.62. The molecule has 2 amide bonds. The topological polar surface area (TPSA) is 166 Å². The number of hydrogen-bond donors (Lipinski definition) is 5. The molecule has 39 heavy (non-hydrogen) atoms. The van der Waals surface area contributed by atoms with E-state index in [-0.39, 0.29) is 59.1 Å². The van der Waals surface area contributed by atoms with Crippen LogP contribution in [0.2, 0.25) is 0 Å². The predicted octanol–water partition coefficient (Wildman–Crippen LogP) is 2.73. The molecule has 0 unspecified atom stereocenters. The van der Waals surface area contributed by atoms with Crippen LogP contribution in [0, 0.1) is 17.2 Å². The van der Waals surface area contributed by atoms with Gasteiger partial charge >= 0.3 is 0 Å². The van der Waals surface area contributed by atoms with Gasteiger partial charge in [-0.15, -0.1) is 0 Å². The van der Waals surface area contributed by atoms with E-state index in [1.54, 1.807) is 17.9 Å². The van der Waals surface area contributed by atoms with Crippen LogP contribution in [0.4, 0.5) is 0 Å². The number of amides is 2. The average molecular weight is 562 g/mol. The molecule has 3 fully saturated rings. The summed E-state index contributed by atoms with van der Waals surface area (Å²) in [6.45, 7) is 1.71. The molecule has 1 saturated heterocycles. The lowest BCUT2D eigenvalue weighted by Crippen LogP contribution is -2.56. The van der Waals surface area contributed by atoms with Crippen molar-refractivity contribution in [3.05, 3.63) is 29.3 Å². The van der Waals surface area contributed by atoms with Gasteiger partial charge in [0.2, 0.25) is 21.8 Å². The second-order valence-corrected chi connectivity index (χ2v) is 13.4. The number of fused-ring (bicyclic) bond motifs is 1. The maximum absolute atomic E-state index is 14.2. The van der Waals surface area contributed by atoms with Gasteiger partial charge in [-0.3, -0.25) is 15.0 Å². The smallest absolute Gasteiger partial charge is 0.243 e. The zero-order valence-electron chi connectivity index (χ0n) is 22.8. The standard InChI is InChI=1S/C28H43N5O5S/c1-2-39(37,38)32-22(14-18-8-4-3-5-9-18)28(36)33-23-11-7-6-10-20(23)16-24(33)27(35)31-17-19-12-13-21(26(29)30)25(34)15-19/h12-13,15,18,20,22-24,32,34H,2-11,14,16-17H2,1H3,(H3,29,30)(H,31,35)/t20-,22+,23-,24-/m1/s1. The minimum absolute atomic E-state index is 0.0686. The highest BCUT2D eigenvalue weighted by Gasteiger charge is 2.49. The van der Waals surface area contributed by atoms with Gasteiger partial charge in [0.15, 0.2) is 0 Å². The molecule has 3 aliphatic rings. The van der Waals surface area contributed by atoms with Gasteiger partial charge < -0.3 is 21.1 Å². The molecule has 6 N–H and O–H groups in total. The normalized spacial score (nSPS) is 24.6. The van der Waals surface area contributed by atoms with Crippen LogP contribution in [-0.4, -0.2) is 60.0 Å². The van der Waals surface area contributed by atoms with Crippen molar-refractivity contribution in [2.75, 3.05) is 5.75 Å². The molecule has 2 aliphatic carbocycles. The Hall–Kier alpha value is -2.66. The number of hydrogen-bond acceptors (Lipinski definition) is 6. The summed E-state index contributed by atoms with van der Waals surface area (Å²) in [5, 5.41) is 20.6. The number of nitrogens with zero attached hydrogens (tertiary/aromatic N) is 1. The second kappa shape index (κ2) is 12.7. The van der Waals surface area contributed by atoms with Crippen LogP contribution >= 0.6 is 0 Å². The zero-order valence-corrected chi connectivity index (χ0v) is 23.6. The molecule has 4 atom stereocenters. The zero-order chi connectivity index (χ0) is 28.2. The van der Waals surface area contributed by atoms with E-state index in [0.717, 1.165) is 51.4 Å². The first-order valence-electron chi connectivity index (χ1n) is 14.4. The van der Waals surface area contributed by atoms with Crippen LogP contribution in [0.15, 0.2) is 18.2 Å². The van der Waals surface area contributed by atoms with Crippen LogP contribution in [0.1, 0.15) is 88.7 Å². The molecule has 1 heterocycles. The number of nitrogens with one attached hydrogen (secondary N) is 3. The third-order valence-electron chi connectivity index (χ3n) is 8.76. The van der Waals surface area contributed by atoms with E-state index >= 15 is 0 Å². The fraction of sp³-hybridized carbons (Fsp3) is 0.679. The largest absolute Gasteiger partial charge is 0.507 e. The van der Waals surface area contributed by atoms with Crippen molar-refractivity contribution in [1.29, 1.82) is 5.41 Å². The Balaban J connectivity index is 1.54. The predicted molar refractivity (Wildman–Crippen MR) is 150 cm³/mol. The van der Waals surface area contributed by atoms with Gasteiger partial charge in [-0.1, -0.05) is 51.0 Å². The highest BCUT2D eigenvalue weighted by atomic mass is 32.2. The van der Waals surface area contributed by atoms with E-state index in [9.17, 15) is 23.1 Å². The number of phenols is 1. The molecule has 0 radical (unpaired) electrons. The summed E-state index contributed by atoms with van der Waals surface area (Å²) in [5.74, 6) is -0.533. The molecular formula is C28H43N5O5S. The Morgan fingerprint density at radius 1 is 1.13 bits per heavy atom. The van der Waals surface area contributed by atoms with Crippen LogP contribution in [-0.2, 0) is 26.2 Å². The van der Waals surface area contributed by atoms with Crippen LogP contribution in [0.3, 0.4) is 0 Å². The molecule has 11 heteroatoms. The number of aromatic hydroxyl groups is 1. The van der Waals surface area contributed by atoms with Crippen molar-refractivity contribution < 1.29 is 23.1 Å². The van der Waals surface area contributed by atoms with Crippen LogP contribution in [0.25, 0.3) is 0 Å². The maximum Gasteiger partial charge on any atom is 0.243 e. The Morgan fingerprint density at radius 3 is 2.49 bits per heavy atom. The van der Waals surface area contributed by atoms with E-state index in [0.29, 0.717) is 18.4 Å². The highest BCUT2D eigenvalue weighted by molar-refractivity contribution is 7.89. The van der Waals surface area contributed by atoms with Crippen LogP contribution in [0.5, 0.6) is 5.75 Å². The Bertz CT molecular complexity index is 1170. The molecule has 1 aromatic carbocycles. The summed E-state index contributed by atoms with van der Waals surface area (Å²) >= 11 is 0. The third-order valence-corrected chi connectivity index (χ3v) is 10.2. The van der Waals surface area contributed by atoms with Gasteiger partial charge in [0, 0.05) is 12.6 Å². The summed E-state index contributed by atoms with van der Waals surface area (Å²) in [4.78, 5) is 29.4. The van der Waals surface area contributed by atoms with Crippen molar-refractivity contribution in [2.45, 2.75) is 102 Å². The SMILES string of the molecule is CCS(=O)(=O)N[C@@H](CC1CCCCC1)C(=O)N1[C@@H](C(=O)NCc2ccc(C(=N)N)c(O)c2)C[C@H]2CCCC[C@H]21. The molecule has 0 bridgehead atoms. The number of amidine groups is 1. The number of likely N-dealkylation sites (tertiary alicyclic amines) is 1. The van der Waals surface area contributed by atoms with Crippen molar-refractivity contribution in [1.82, 2.24) is 14.9 Å². The fourth-order valence-corrected chi connectivity index (χ4v) is 7.47. The maximum atomic E-state index is 14.2. The first kappa shape index (κ1) is 29.3. The second-order valence-electron chi connectivity index (χ2n) is 11.4. The molecule has 1 aromatic rings. The number of nitrogen functional groups attached to an aromatic ring is 1. The first-order chi connectivity index (χ1) is 18.6. The van der Waals surface area contributed by atoms with E-state index in [1.165, 1.54) is 18.6 Å². The van der Waals surface area contributed by atoms with Gasteiger partial charge in [-0.2, -0.15) is 0 Å². The molecule has 4 rings (SSSR count). The van der Waals surface area contributed by atoms with Gasteiger partial charge in [0.1, 0.15) is 23.7 Å². The fourth-order valence-electron chi connectivity index (χ4n) is 6.67. The molecule has 2 saturated carbocycles. The van der Waals surface area contributed by atoms with Gasteiger partial charge in [0.25, 0.3) is 0 Å². The van der Waals surface area contributed by atoms with Gasteiger partial charge in [-0.05, 0) is 62.1 Å². The number of rotatable bonds is 10. The monoisotopic (exact) mass is 561 g/mol. The van der Waals surface area contributed by atoms with Crippen LogP contribution < -0.4 is 15.8 Å². The molecule has 1 aliphatic heterocycles. The summed E-state index contributed by atoms with van der Waals surface area (Å²) in [6, 6.07) is 3.08. The minimum atomic E-state index is -3.62. The number of sulfonamides is 1. The van der Waals surface area contributed by atoms with Crippen molar-refractivity contribution in [3.8, 4) is 5.75 Å². The van der Waals surface area contributed by atoms with Gasteiger partial charge in [0.05, 0.1) is 11.3 Å². The van der Waals surface area contributed by atoms with E-state index in [2.05, 4.69) is 10.0 Å². The minimum Gasteiger partial charge on any atom is -0.507 e. The van der Waals surface area contributed by atoms with Crippen molar-refractivity contribution >= 4 is 27.7 Å². The number of nitrogens with two attached hydrogens (primary N) is 1. The first-order valence-corrected chi connectivity index (χ1v) is 16.0.